The van der Waals surface area contributed by atoms with Gasteiger partial charge in [-0.05, 0) is 24.8 Å². The minimum absolute atomic E-state index is 0.351. The smallest absolute Gasteiger partial charge is 0.249 e. The van der Waals surface area contributed by atoms with Crippen LogP contribution < -0.4 is 9.62 Å². The summed E-state index contributed by atoms with van der Waals surface area (Å²) in [5.41, 5.74) is 0.433. The van der Waals surface area contributed by atoms with Crippen LogP contribution in [0, 0.1) is 0 Å². The summed E-state index contributed by atoms with van der Waals surface area (Å²) in [6.45, 7) is 3.53. The summed E-state index contributed by atoms with van der Waals surface area (Å²) in [5, 5.41) is 10.8. The van der Waals surface area contributed by atoms with Gasteiger partial charge < -0.3 is 0 Å². The number of sulfonamides is 1. The number of para-hydroxylation sites is 1. The van der Waals surface area contributed by atoms with Gasteiger partial charge in [0.2, 0.25) is 21.1 Å². The van der Waals surface area contributed by atoms with Crippen LogP contribution in [0.4, 0.5) is 10.8 Å². The summed E-state index contributed by atoms with van der Waals surface area (Å²) >= 11 is 2.79. The average Bonchev–Trinajstić information content (AvgIpc) is 2.94. The molecule has 1 atom stereocenters. The highest BCUT2D eigenvalue weighted by Gasteiger charge is 2.29. The molecule has 7 nitrogen and oxygen atoms in total. The van der Waals surface area contributed by atoms with Crippen LogP contribution in [0.5, 0.6) is 0 Å². The molecule has 0 aliphatic carbocycles. The highest BCUT2D eigenvalue weighted by Crippen LogP contribution is 2.26. The standard InChI is InChI=1S/C14H18N4O3S3/c1-4-22-14-17-16-13(23-14)15-12(19)10(2)18(24(3,20)21)11-8-6-5-7-9-11/h5-10H,4H2,1-3H3,(H,15,16,19)/t10-/m0/s1. The maximum atomic E-state index is 12.5. The van der Waals surface area contributed by atoms with Crippen molar-refractivity contribution in [3.63, 3.8) is 0 Å². The van der Waals surface area contributed by atoms with Crippen LogP contribution >= 0.6 is 23.1 Å². The van der Waals surface area contributed by atoms with Gasteiger partial charge in [0.15, 0.2) is 4.34 Å². The summed E-state index contributed by atoms with van der Waals surface area (Å²) in [4.78, 5) is 12.5. The van der Waals surface area contributed by atoms with Crippen molar-refractivity contribution in [1.82, 2.24) is 10.2 Å². The molecule has 1 aromatic heterocycles. The van der Waals surface area contributed by atoms with E-state index in [1.165, 1.54) is 30.0 Å². The zero-order valence-corrected chi connectivity index (χ0v) is 15.9. The van der Waals surface area contributed by atoms with Gasteiger partial charge in [0, 0.05) is 0 Å². The number of amides is 1. The largest absolute Gasteiger partial charge is 0.299 e. The van der Waals surface area contributed by atoms with Crippen molar-refractivity contribution in [2.24, 2.45) is 0 Å². The number of carbonyl (C=O) groups excluding carboxylic acids is 1. The Morgan fingerprint density at radius 3 is 2.58 bits per heavy atom. The van der Waals surface area contributed by atoms with Gasteiger partial charge in [0.1, 0.15) is 6.04 Å². The van der Waals surface area contributed by atoms with Crippen LogP contribution in [-0.2, 0) is 14.8 Å². The minimum atomic E-state index is -3.62. The molecule has 2 aromatic rings. The Bertz CT molecular complexity index is 793. The molecule has 0 saturated heterocycles. The van der Waals surface area contributed by atoms with E-state index in [1.807, 2.05) is 6.92 Å². The summed E-state index contributed by atoms with van der Waals surface area (Å²) in [6.07, 6.45) is 1.07. The monoisotopic (exact) mass is 386 g/mol. The molecule has 1 amide bonds. The molecule has 1 N–H and O–H groups in total. The van der Waals surface area contributed by atoms with Gasteiger partial charge in [0.05, 0.1) is 11.9 Å². The SMILES string of the molecule is CCSc1nnc(NC(=O)[C@H](C)N(c2ccccc2)S(C)(=O)=O)s1. The van der Waals surface area contributed by atoms with Gasteiger partial charge >= 0.3 is 0 Å². The van der Waals surface area contributed by atoms with Crippen LogP contribution in [0.3, 0.4) is 0 Å². The van der Waals surface area contributed by atoms with Crippen LogP contribution in [0.25, 0.3) is 0 Å². The summed E-state index contributed by atoms with van der Waals surface area (Å²) in [7, 11) is -3.62. The van der Waals surface area contributed by atoms with E-state index in [9.17, 15) is 13.2 Å². The summed E-state index contributed by atoms with van der Waals surface area (Å²) in [6, 6.07) is 7.59. The second-order valence-corrected chi connectivity index (χ2v) is 9.21. The Morgan fingerprint density at radius 2 is 2.00 bits per heavy atom. The number of nitrogens with zero attached hydrogens (tertiary/aromatic N) is 3. The molecule has 0 fully saturated rings. The Balaban J connectivity index is 2.19. The molecule has 24 heavy (non-hydrogen) atoms. The Kier molecular flexibility index (Phi) is 6.19. The third-order valence-electron chi connectivity index (χ3n) is 3.00. The summed E-state index contributed by atoms with van der Waals surface area (Å²) < 4.78 is 26.1. The van der Waals surface area contributed by atoms with Crippen molar-refractivity contribution in [2.45, 2.75) is 24.2 Å². The quantitative estimate of drug-likeness (QED) is 0.580. The van der Waals surface area contributed by atoms with Gasteiger partial charge in [-0.15, -0.1) is 10.2 Å². The Morgan fingerprint density at radius 1 is 1.33 bits per heavy atom. The maximum absolute atomic E-state index is 12.5. The molecule has 0 radical (unpaired) electrons. The van der Waals surface area contributed by atoms with E-state index in [0.717, 1.165) is 20.7 Å². The third-order valence-corrected chi connectivity index (χ3v) is 6.10. The minimum Gasteiger partial charge on any atom is -0.299 e. The highest BCUT2D eigenvalue weighted by atomic mass is 32.2. The molecule has 130 valence electrons. The molecule has 10 heteroatoms. The maximum Gasteiger partial charge on any atom is 0.249 e. The number of thioether (sulfide) groups is 1. The van der Waals surface area contributed by atoms with Gasteiger partial charge in [-0.25, -0.2) is 8.42 Å². The normalized spacial score (nSPS) is 12.6. The van der Waals surface area contributed by atoms with Gasteiger partial charge in [0.25, 0.3) is 0 Å². The zero-order valence-electron chi connectivity index (χ0n) is 13.5. The van der Waals surface area contributed by atoms with Crippen molar-refractivity contribution in [3.8, 4) is 0 Å². The predicted molar refractivity (Wildman–Crippen MR) is 98.2 cm³/mol. The first-order chi connectivity index (χ1) is 11.3. The molecule has 0 unspecified atom stereocenters. The first-order valence-electron chi connectivity index (χ1n) is 7.14. The molecule has 1 heterocycles. The molecular formula is C14H18N4O3S3. The van der Waals surface area contributed by atoms with E-state index in [0.29, 0.717) is 10.8 Å². The topological polar surface area (TPSA) is 92.3 Å². The molecule has 0 spiro atoms. The van der Waals surface area contributed by atoms with Gasteiger partial charge in [-0.3, -0.25) is 14.4 Å². The van der Waals surface area contributed by atoms with E-state index in [-0.39, 0.29) is 0 Å². The van der Waals surface area contributed by atoms with E-state index in [1.54, 1.807) is 30.3 Å². The lowest BCUT2D eigenvalue weighted by Crippen LogP contribution is -2.45. The fourth-order valence-electron chi connectivity index (χ4n) is 2.04. The number of benzene rings is 1. The van der Waals surface area contributed by atoms with Crippen molar-refractivity contribution in [2.75, 3.05) is 21.6 Å². The number of hydrogen-bond donors (Lipinski definition) is 1. The molecule has 0 aliphatic heterocycles. The molecule has 0 bridgehead atoms. The lowest BCUT2D eigenvalue weighted by Gasteiger charge is -2.27. The lowest BCUT2D eigenvalue weighted by molar-refractivity contribution is -0.116. The summed E-state index contributed by atoms with van der Waals surface area (Å²) in [5.74, 6) is 0.392. The number of carbonyl (C=O) groups is 1. The van der Waals surface area contributed by atoms with Crippen molar-refractivity contribution < 1.29 is 13.2 Å². The van der Waals surface area contributed by atoms with Crippen LogP contribution in [-0.4, -0.2) is 42.6 Å². The molecule has 0 saturated carbocycles. The van der Waals surface area contributed by atoms with Gasteiger partial charge in [-0.2, -0.15) is 0 Å². The molecular weight excluding hydrogens is 368 g/mol. The Hall–Kier alpha value is -1.65. The second-order valence-electron chi connectivity index (χ2n) is 4.87. The van der Waals surface area contributed by atoms with Crippen LogP contribution in [0.15, 0.2) is 34.7 Å². The molecule has 1 aromatic carbocycles. The number of rotatable bonds is 7. The Labute approximate surface area is 149 Å². The van der Waals surface area contributed by atoms with E-state index in [2.05, 4.69) is 15.5 Å². The number of anilines is 2. The van der Waals surface area contributed by atoms with Crippen molar-refractivity contribution in [1.29, 1.82) is 0 Å². The van der Waals surface area contributed by atoms with Crippen molar-refractivity contribution in [3.05, 3.63) is 30.3 Å². The van der Waals surface area contributed by atoms with E-state index in [4.69, 9.17) is 0 Å². The molecule has 0 aliphatic rings. The van der Waals surface area contributed by atoms with Crippen molar-refractivity contribution >= 4 is 49.8 Å². The molecule has 2 rings (SSSR count). The fraction of sp³-hybridized carbons (Fsp3) is 0.357. The number of hydrogen-bond acceptors (Lipinski definition) is 7. The third kappa shape index (κ3) is 4.68. The number of nitrogens with one attached hydrogen (secondary N) is 1. The fourth-order valence-corrected chi connectivity index (χ4v) is 4.86. The van der Waals surface area contributed by atoms with Gasteiger partial charge in [-0.1, -0.05) is 48.2 Å². The van der Waals surface area contributed by atoms with E-state index >= 15 is 0 Å². The average molecular weight is 387 g/mol. The predicted octanol–water partition coefficient (Wildman–Crippen LogP) is 2.44. The zero-order chi connectivity index (χ0) is 17.7. The van der Waals surface area contributed by atoms with E-state index < -0.39 is 22.0 Å². The van der Waals surface area contributed by atoms with Crippen LogP contribution in [0.2, 0.25) is 0 Å². The number of aromatic nitrogens is 2. The first kappa shape index (κ1) is 18.7. The van der Waals surface area contributed by atoms with Crippen LogP contribution in [0.1, 0.15) is 13.8 Å². The highest BCUT2D eigenvalue weighted by molar-refractivity contribution is 8.01. The second kappa shape index (κ2) is 7.95. The lowest BCUT2D eigenvalue weighted by atomic mass is 10.2. The first-order valence-corrected chi connectivity index (χ1v) is 10.8.